The van der Waals surface area contributed by atoms with Crippen LogP contribution in [0.4, 0.5) is 0 Å². The maximum Gasteiger partial charge on any atom is 0.304 e. The lowest BCUT2D eigenvalue weighted by Crippen LogP contribution is -2.59. The molecule has 0 atom stereocenters. The van der Waals surface area contributed by atoms with Crippen molar-refractivity contribution < 1.29 is 9.90 Å². The molecule has 0 aromatic rings. The second-order valence-electron chi connectivity index (χ2n) is 4.46. The zero-order valence-electron chi connectivity index (χ0n) is 8.65. The molecule has 0 radical (unpaired) electrons. The predicted molar refractivity (Wildman–Crippen MR) is 53.3 cm³/mol. The Hall–Kier alpha value is -0.610. The predicted octanol–water partition coefficient (Wildman–Crippen LogP) is 0.239. The van der Waals surface area contributed by atoms with E-state index in [-0.39, 0.29) is 6.42 Å². The van der Waals surface area contributed by atoms with Crippen molar-refractivity contribution in [1.82, 2.24) is 9.80 Å². The number of likely N-dealkylation sites (N-methyl/N-ethyl adjacent to an activating group) is 1. The van der Waals surface area contributed by atoms with Crippen LogP contribution in [0, 0.1) is 0 Å². The molecule has 0 aromatic carbocycles. The fraction of sp³-hybridized carbons (Fsp3) is 0.900. The first-order valence-corrected chi connectivity index (χ1v) is 5.33. The van der Waals surface area contributed by atoms with Crippen LogP contribution in [0.25, 0.3) is 0 Å². The monoisotopic (exact) mass is 198 g/mol. The Morgan fingerprint density at radius 2 is 2.14 bits per heavy atom. The largest absolute Gasteiger partial charge is 0.481 e. The molecular weight excluding hydrogens is 180 g/mol. The molecule has 0 unspecified atom stereocenters. The fourth-order valence-corrected chi connectivity index (χ4v) is 1.96. The number of carbonyl (C=O) groups is 1. The topological polar surface area (TPSA) is 43.8 Å². The van der Waals surface area contributed by atoms with Crippen molar-refractivity contribution in [2.75, 3.05) is 26.7 Å². The van der Waals surface area contributed by atoms with Gasteiger partial charge in [-0.05, 0) is 19.9 Å². The van der Waals surface area contributed by atoms with Gasteiger partial charge >= 0.3 is 5.97 Å². The van der Waals surface area contributed by atoms with Crippen molar-refractivity contribution in [3.8, 4) is 0 Å². The van der Waals surface area contributed by atoms with Gasteiger partial charge in [-0.25, -0.2) is 0 Å². The lowest BCUT2D eigenvalue weighted by Gasteiger charge is -2.44. The summed E-state index contributed by atoms with van der Waals surface area (Å²) in [6.07, 6.45) is 2.99. The third-order valence-electron chi connectivity index (χ3n) is 3.26. The van der Waals surface area contributed by atoms with Crippen molar-refractivity contribution in [2.24, 2.45) is 0 Å². The molecule has 1 heterocycles. The van der Waals surface area contributed by atoms with Gasteiger partial charge in [0.2, 0.25) is 0 Å². The maximum atomic E-state index is 10.4. The molecular formula is C10H18N2O2. The highest BCUT2D eigenvalue weighted by molar-refractivity contribution is 5.66. The van der Waals surface area contributed by atoms with E-state index in [0.29, 0.717) is 12.6 Å². The molecule has 0 aromatic heterocycles. The minimum absolute atomic E-state index is 0.260. The first-order chi connectivity index (χ1) is 6.66. The van der Waals surface area contributed by atoms with Crippen LogP contribution in [0.15, 0.2) is 0 Å². The SMILES string of the molecule is CN(CCC(=O)O)C1CN(C2CC2)C1. The number of likely N-dealkylation sites (tertiary alicyclic amines) is 1. The van der Waals surface area contributed by atoms with E-state index in [0.717, 1.165) is 19.1 Å². The van der Waals surface area contributed by atoms with E-state index in [4.69, 9.17) is 5.11 Å². The summed E-state index contributed by atoms with van der Waals surface area (Å²) in [7, 11) is 2.03. The molecule has 0 bridgehead atoms. The molecule has 4 nitrogen and oxygen atoms in total. The molecule has 1 saturated heterocycles. The van der Waals surface area contributed by atoms with Crippen LogP contribution >= 0.6 is 0 Å². The van der Waals surface area contributed by atoms with Crippen LogP contribution in [0.2, 0.25) is 0 Å². The second-order valence-corrected chi connectivity index (χ2v) is 4.46. The summed E-state index contributed by atoms with van der Waals surface area (Å²) in [6, 6.07) is 1.45. The van der Waals surface area contributed by atoms with Gasteiger partial charge in [0, 0.05) is 31.7 Å². The normalized spacial score (nSPS) is 23.9. The van der Waals surface area contributed by atoms with Crippen LogP contribution in [-0.4, -0.2) is 59.6 Å². The van der Waals surface area contributed by atoms with Gasteiger partial charge in [-0.2, -0.15) is 0 Å². The van der Waals surface area contributed by atoms with Crippen LogP contribution in [0.5, 0.6) is 0 Å². The fourth-order valence-electron chi connectivity index (χ4n) is 1.96. The summed E-state index contributed by atoms with van der Waals surface area (Å²) < 4.78 is 0. The molecule has 4 heteroatoms. The number of nitrogens with zero attached hydrogens (tertiary/aromatic N) is 2. The highest BCUT2D eigenvalue weighted by atomic mass is 16.4. The van der Waals surface area contributed by atoms with Gasteiger partial charge in [-0.15, -0.1) is 0 Å². The van der Waals surface area contributed by atoms with Gasteiger partial charge in [0.1, 0.15) is 0 Å². The molecule has 0 spiro atoms. The average molecular weight is 198 g/mol. The summed E-state index contributed by atoms with van der Waals surface area (Å²) in [5.74, 6) is -0.699. The molecule has 1 N–H and O–H groups in total. The summed E-state index contributed by atoms with van der Waals surface area (Å²) in [5, 5.41) is 8.55. The van der Waals surface area contributed by atoms with Crippen molar-refractivity contribution >= 4 is 5.97 Å². The first-order valence-electron chi connectivity index (χ1n) is 5.33. The maximum absolute atomic E-state index is 10.4. The molecule has 1 aliphatic heterocycles. The third kappa shape index (κ3) is 2.25. The molecule has 2 aliphatic rings. The van der Waals surface area contributed by atoms with Gasteiger partial charge in [-0.1, -0.05) is 0 Å². The summed E-state index contributed by atoms with van der Waals surface area (Å²) >= 11 is 0. The summed E-state index contributed by atoms with van der Waals surface area (Å²) in [4.78, 5) is 15.1. The Balaban J connectivity index is 1.62. The number of hydrogen-bond acceptors (Lipinski definition) is 3. The Morgan fingerprint density at radius 3 is 2.64 bits per heavy atom. The van der Waals surface area contributed by atoms with E-state index in [1.165, 1.54) is 12.8 Å². The van der Waals surface area contributed by atoms with Crippen molar-refractivity contribution in [1.29, 1.82) is 0 Å². The third-order valence-corrected chi connectivity index (χ3v) is 3.26. The molecule has 2 fully saturated rings. The van der Waals surface area contributed by atoms with E-state index in [2.05, 4.69) is 9.80 Å². The molecule has 2 rings (SSSR count). The van der Waals surface area contributed by atoms with E-state index < -0.39 is 5.97 Å². The standard InChI is InChI=1S/C10H18N2O2/c1-11(5-4-10(13)14)9-6-12(7-9)8-2-3-8/h8-9H,2-7H2,1H3,(H,13,14). The lowest BCUT2D eigenvalue weighted by atomic mass is 10.1. The van der Waals surface area contributed by atoms with Gasteiger partial charge < -0.3 is 10.0 Å². The van der Waals surface area contributed by atoms with E-state index in [1.54, 1.807) is 0 Å². The van der Waals surface area contributed by atoms with Crippen LogP contribution in [0.1, 0.15) is 19.3 Å². The zero-order valence-corrected chi connectivity index (χ0v) is 8.65. The van der Waals surface area contributed by atoms with Crippen LogP contribution in [0.3, 0.4) is 0 Å². The summed E-state index contributed by atoms with van der Waals surface area (Å²) in [6.45, 7) is 2.96. The Labute approximate surface area is 84.5 Å². The molecule has 0 amide bonds. The Bertz CT molecular complexity index is 222. The Morgan fingerprint density at radius 1 is 1.50 bits per heavy atom. The number of hydrogen-bond donors (Lipinski definition) is 1. The van der Waals surface area contributed by atoms with Gasteiger partial charge in [-0.3, -0.25) is 9.69 Å². The number of rotatable bonds is 5. The molecule has 1 aliphatic carbocycles. The number of carboxylic acid groups (broad SMARTS) is 1. The van der Waals surface area contributed by atoms with Crippen LogP contribution < -0.4 is 0 Å². The first kappa shape index (κ1) is 9.93. The van der Waals surface area contributed by atoms with E-state index >= 15 is 0 Å². The van der Waals surface area contributed by atoms with Gasteiger partial charge in [0.25, 0.3) is 0 Å². The Kier molecular flexibility index (Phi) is 2.74. The highest BCUT2D eigenvalue weighted by Gasteiger charge is 2.39. The van der Waals surface area contributed by atoms with Crippen molar-refractivity contribution in [3.05, 3.63) is 0 Å². The van der Waals surface area contributed by atoms with Crippen molar-refractivity contribution in [2.45, 2.75) is 31.3 Å². The number of carboxylic acids is 1. The second kappa shape index (κ2) is 3.87. The quantitative estimate of drug-likeness (QED) is 0.687. The highest BCUT2D eigenvalue weighted by Crippen LogP contribution is 2.31. The molecule has 14 heavy (non-hydrogen) atoms. The minimum atomic E-state index is -0.699. The van der Waals surface area contributed by atoms with E-state index in [1.807, 2.05) is 7.05 Å². The van der Waals surface area contributed by atoms with Gasteiger partial charge in [0.15, 0.2) is 0 Å². The average Bonchev–Trinajstić information content (AvgIpc) is 2.81. The zero-order chi connectivity index (χ0) is 10.1. The van der Waals surface area contributed by atoms with Crippen molar-refractivity contribution in [3.63, 3.8) is 0 Å². The summed E-state index contributed by atoms with van der Waals surface area (Å²) in [5.41, 5.74) is 0. The molecule has 80 valence electrons. The van der Waals surface area contributed by atoms with Gasteiger partial charge in [0.05, 0.1) is 6.42 Å². The van der Waals surface area contributed by atoms with E-state index in [9.17, 15) is 4.79 Å². The lowest BCUT2D eigenvalue weighted by molar-refractivity contribution is -0.137. The smallest absolute Gasteiger partial charge is 0.304 e. The minimum Gasteiger partial charge on any atom is -0.481 e. The van der Waals surface area contributed by atoms with Crippen LogP contribution in [-0.2, 0) is 4.79 Å². The number of aliphatic carboxylic acids is 1. The molecule has 1 saturated carbocycles.